The molecule has 6 heteroatoms. The van der Waals surface area contributed by atoms with Gasteiger partial charge in [0.2, 0.25) is 0 Å². The third-order valence-electron chi connectivity index (χ3n) is 4.57. The lowest BCUT2D eigenvalue weighted by Crippen LogP contribution is -2.22. The zero-order valence-electron chi connectivity index (χ0n) is 15.4. The van der Waals surface area contributed by atoms with Crippen molar-refractivity contribution in [1.29, 1.82) is 0 Å². The SMILES string of the molecule is C/C=C/[C@]1([N-]C)O[C@H]1[C@@H](O)CCCCC(=O)CCCCCCC(=O)O. The highest BCUT2D eigenvalue weighted by Gasteiger charge is 2.49. The number of ether oxygens (including phenoxy) is 1. The normalized spacial score (nSPS) is 23.7. The van der Waals surface area contributed by atoms with Crippen LogP contribution in [0.25, 0.3) is 5.32 Å². The number of hydrogen-bond donors (Lipinski definition) is 2. The van der Waals surface area contributed by atoms with Crippen molar-refractivity contribution < 1.29 is 24.5 Å². The minimum Gasteiger partial charge on any atom is -0.631 e. The maximum absolute atomic E-state index is 11.8. The van der Waals surface area contributed by atoms with Crippen molar-refractivity contribution in [3.63, 3.8) is 0 Å². The van der Waals surface area contributed by atoms with Gasteiger partial charge in [-0.15, -0.1) is 0 Å². The highest BCUT2D eigenvalue weighted by molar-refractivity contribution is 5.78. The second-order valence-electron chi connectivity index (χ2n) is 6.67. The predicted octanol–water partition coefficient (Wildman–Crippen LogP) is 3.58. The maximum Gasteiger partial charge on any atom is 0.303 e. The van der Waals surface area contributed by atoms with Crippen LogP contribution in [0.2, 0.25) is 0 Å². The lowest BCUT2D eigenvalue weighted by atomic mass is 10.0. The number of aliphatic carboxylic acids is 1. The van der Waals surface area contributed by atoms with Crippen molar-refractivity contribution in [2.24, 2.45) is 0 Å². The van der Waals surface area contributed by atoms with E-state index < -0.39 is 17.8 Å². The summed E-state index contributed by atoms with van der Waals surface area (Å²) in [5.41, 5.74) is -0.648. The Bertz CT molecular complexity index is 451. The van der Waals surface area contributed by atoms with Gasteiger partial charge >= 0.3 is 5.97 Å². The van der Waals surface area contributed by atoms with Crippen LogP contribution in [0.5, 0.6) is 0 Å². The van der Waals surface area contributed by atoms with Gasteiger partial charge in [0.25, 0.3) is 0 Å². The van der Waals surface area contributed by atoms with Crippen LogP contribution in [0, 0.1) is 0 Å². The Morgan fingerprint density at radius 2 is 1.72 bits per heavy atom. The Kier molecular flexibility index (Phi) is 9.93. The molecule has 25 heavy (non-hydrogen) atoms. The van der Waals surface area contributed by atoms with Gasteiger partial charge in [0.15, 0.2) is 0 Å². The molecule has 0 unspecified atom stereocenters. The van der Waals surface area contributed by atoms with E-state index in [2.05, 4.69) is 5.32 Å². The molecule has 1 aliphatic heterocycles. The van der Waals surface area contributed by atoms with Gasteiger partial charge in [-0.1, -0.05) is 31.4 Å². The number of rotatable bonds is 15. The number of allylic oxidation sites excluding steroid dienone is 1. The van der Waals surface area contributed by atoms with E-state index in [1.807, 2.05) is 19.1 Å². The summed E-state index contributed by atoms with van der Waals surface area (Å²) in [7, 11) is 1.69. The van der Waals surface area contributed by atoms with Gasteiger partial charge in [-0.05, 0) is 32.6 Å². The van der Waals surface area contributed by atoms with Crippen molar-refractivity contribution in [1.82, 2.24) is 0 Å². The van der Waals surface area contributed by atoms with Crippen LogP contribution in [0.1, 0.15) is 71.1 Å². The number of carboxylic acid groups (broad SMARTS) is 1. The number of aliphatic hydroxyl groups is 1. The van der Waals surface area contributed by atoms with Crippen LogP contribution in [0.4, 0.5) is 0 Å². The Balaban J connectivity index is 2.02. The Labute approximate surface area is 150 Å². The summed E-state index contributed by atoms with van der Waals surface area (Å²) in [5.74, 6) is -0.507. The second kappa shape index (κ2) is 11.4. The number of nitrogens with zero attached hydrogens (tertiary/aromatic N) is 1. The summed E-state index contributed by atoms with van der Waals surface area (Å²) in [6.45, 7) is 1.90. The summed E-state index contributed by atoms with van der Waals surface area (Å²) in [6, 6.07) is 0. The van der Waals surface area contributed by atoms with Crippen LogP contribution < -0.4 is 0 Å². The Morgan fingerprint density at radius 1 is 1.12 bits per heavy atom. The third kappa shape index (κ3) is 8.12. The quantitative estimate of drug-likeness (QED) is 0.266. The van der Waals surface area contributed by atoms with Crippen molar-refractivity contribution in [2.45, 2.75) is 89.1 Å². The van der Waals surface area contributed by atoms with Gasteiger partial charge in [-0.25, -0.2) is 0 Å². The molecule has 0 aliphatic carbocycles. The molecule has 6 nitrogen and oxygen atoms in total. The van der Waals surface area contributed by atoms with Gasteiger partial charge in [-0.3, -0.25) is 9.59 Å². The summed E-state index contributed by atoms with van der Waals surface area (Å²) < 4.78 is 5.53. The molecular formula is C19H32NO5-. The summed E-state index contributed by atoms with van der Waals surface area (Å²) in [5, 5.41) is 22.9. The van der Waals surface area contributed by atoms with Crippen LogP contribution in [0.3, 0.4) is 0 Å². The number of carbonyl (C=O) groups is 2. The van der Waals surface area contributed by atoms with Gasteiger partial charge in [0.05, 0.1) is 12.2 Å². The van der Waals surface area contributed by atoms with Crippen LogP contribution in [-0.2, 0) is 14.3 Å². The van der Waals surface area contributed by atoms with Crippen molar-refractivity contribution in [3.8, 4) is 0 Å². The molecule has 144 valence electrons. The average molecular weight is 354 g/mol. The van der Waals surface area contributed by atoms with Crippen LogP contribution >= 0.6 is 0 Å². The minimum atomic E-state index is -0.759. The van der Waals surface area contributed by atoms with Crippen LogP contribution in [0.15, 0.2) is 12.2 Å². The Hall–Kier alpha value is -1.24. The van der Waals surface area contributed by atoms with Gasteiger partial charge in [0.1, 0.15) is 5.78 Å². The van der Waals surface area contributed by atoms with Gasteiger partial charge < -0.3 is 20.3 Å². The molecule has 0 bridgehead atoms. The molecule has 0 radical (unpaired) electrons. The first kappa shape index (κ1) is 21.8. The van der Waals surface area contributed by atoms with E-state index in [1.54, 1.807) is 7.05 Å². The minimum absolute atomic E-state index is 0.210. The molecule has 1 heterocycles. The van der Waals surface area contributed by atoms with Crippen molar-refractivity contribution >= 4 is 11.8 Å². The molecule has 1 saturated heterocycles. The van der Waals surface area contributed by atoms with Crippen molar-refractivity contribution in [3.05, 3.63) is 17.5 Å². The van der Waals surface area contributed by atoms with Crippen molar-refractivity contribution in [2.75, 3.05) is 7.05 Å². The van der Waals surface area contributed by atoms with E-state index in [4.69, 9.17) is 9.84 Å². The zero-order chi connectivity index (χ0) is 18.7. The number of epoxide rings is 1. The largest absolute Gasteiger partial charge is 0.631 e. The molecule has 0 aromatic rings. The maximum atomic E-state index is 11.8. The standard InChI is InChI=1S/C19H32NO5/c1-3-14-19(20-2)18(25-19)16(22)12-9-8-11-15(21)10-6-4-5-7-13-17(23)24/h3,14,16,18,22H,4-13H2,1-2H3,(H,23,24)/q-1/b14-3+/t16-,18-,19-/m0/s1. The number of aliphatic hydroxyl groups excluding tert-OH is 1. The molecule has 1 rings (SSSR count). The predicted molar refractivity (Wildman–Crippen MR) is 96.5 cm³/mol. The number of carbonyl (C=O) groups excluding carboxylic acids is 1. The summed E-state index contributed by atoms with van der Waals surface area (Å²) in [4.78, 5) is 22.2. The summed E-state index contributed by atoms with van der Waals surface area (Å²) in [6.07, 6.45) is 9.72. The lowest BCUT2D eigenvalue weighted by Gasteiger charge is -2.21. The molecule has 3 atom stereocenters. The number of likely N-dealkylation sites (N-methyl/N-ethyl adjacent to an activating group) is 1. The average Bonchev–Trinajstić information content (AvgIpc) is 3.29. The topological polar surface area (TPSA) is 101 Å². The highest BCUT2D eigenvalue weighted by atomic mass is 16.6. The number of hydrogen-bond acceptors (Lipinski definition) is 4. The molecular weight excluding hydrogens is 322 g/mol. The van der Waals surface area contributed by atoms with E-state index in [9.17, 15) is 14.7 Å². The number of carboxylic acids is 1. The van der Waals surface area contributed by atoms with Crippen LogP contribution in [-0.4, -0.2) is 46.9 Å². The molecule has 2 N–H and O–H groups in total. The van der Waals surface area contributed by atoms with E-state index in [0.29, 0.717) is 25.7 Å². The number of unbranched alkanes of at least 4 members (excludes halogenated alkanes) is 4. The van der Waals surface area contributed by atoms with E-state index in [0.717, 1.165) is 32.1 Å². The number of Topliss-reactive ketones (excluding diaryl/α,β-unsaturated/α-hetero) is 1. The first-order valence-electron chi connectivity index (χ1n) is 9.29. The monoisotopic (exact) mass is 354 g/mol. The molecule has 0 spiro atoms. The highest BCUT2D eigenvalue weighted by Crippen LogP contribution is 2.44. The fourth-order valence-corrected chi connectivity index (χ4v) is 3.05. The van der Waals surface area contributed by atoms with E-state index >= 15 is 0 Å². The molecule has 0 aromatic heterocycles. The fraction of sp³-hybridized carbons (Fsp3) is 0.789. The third-order valence-corrected chi connectivity index (χ3v) is 4.57. The Morgan fingerprint density at radius 3 is 2.28 bits per heavy atom. The first-order valence-corrected chi connectivity index (χ1v) is 9.29. The molecule has 0 saturated carbocycles. The number of ketones is 1. The molecule has 0 amide bonds. The molecule has 1 fully saturated rings. The van der Waals surface area contributed by atoms with E-state index in [1.165, 1.54) is 0 Å². The molecule has 1 aliphatic rings. The summed E-state index contributed by atoms with van der Waals surface area (Å²) >= 11 is 0. The van der Waals surface area contributed by atoms with E-state index in [-0.39, 0.29) is 18.3 Å². The van der Waals surface area contributed by atoms with Gasteiger partial charge in [0, 0.05) is 25.0 Å². The second-order valence-corrected chi connectivity index (χ2v) is 6.67. The smallest absolute Gasteiger partial charge is 0.303 e. The zero-order valence-corrected chi connectivity index (χ0v) is 15.4. The first-order chi connectivity index (χ1) is 11.9. The van der Waals surface area contributed by atoms with Gasteiger partial charge in [-0.2, -0.15) is 7.05 Å². The lowest BCUT2D eigenvalue weighted by molar-refractivity contribution is -0.137. The fourth-order valence-electron chi connectivity index (χ4n) is 3.05. The molecule has 0 aromatic carbocycles.